The quantitative estimate of drug-likeness (QED) is 0.863. The van der Waals surface area contributed by atoms with Crippen molar-refractivity contribution in [3.8, 4) is 5.75 Å². The second-order valence-corrected chi connectivity index (χ2v) is 8.26. The van der Waals surface area contributed by atoms with Crippen LogP contribution in [-0.2, 0) is 10.0 Å². The van der Waals surface area contributed by atoms with E-state index in [1.165, 1.54) is 33.3 Å². The summed E-state index contributed by atoms with van der Waals surface area (Å²) in [6, 6.07) is 4.75. The van der Waals surface area contributed by atoms with Crippen molar-refractivity contribution in [2.24, 2.45) is 0 Å². The lowest BCUT2D eigenvalue weighted by Crippen LogP contribution is -2.57. The normalized spacial score (nSPS) is 21.8. The molecule has 24 heavy (non-hydrogen) atoms. The lowest BCUT2D eigenvalue weighted by atomic mass is 10.1. The van der Waals surface area contributed by atoms with E-state index in [9.17, 15) is 13.2 Å². The molecule has 2 unspecified atom stereocenters. The van der Waals surface area contributed by atoms with Crippen LogP contribution in [0.5, 0.6) is 5.75 Å². The molecule has 2 rings (SSSR count). The van der Waals surface area contributed by atoms with Gasteiger partial charge in [-0.3, -0.25) is 4.79 Å². The number of hydrogen-bond acceptors (Lipinski definition) is 5. The van der Waals surface area contributed by atoms with Gasteiger partial charge < -0.3 is 15.0 Å². The van der Waals surface area contributed by atoms with E-state index in [1.807, 2.05) is 13.8 Å². The van der Waals surface area contributed by atoms with Crippen molar-refractivity contribution in [2.45, 2.75) is 30.8 Å². The van der Waals surface area contributed by atoms with Crippen molar-refractivity contribution in [3.05, 3.63) is 23.8 Å². The molecule has 1 aromatic carbocycles. The maximum absolute atomic E-state index is 12.9. The Kier molecular flexibility index (Phi) is 5.52. The summed E-state index contributed by atoms with van der Waals surface area (Å²) in [6.45, 7) is 5.32. The summed E-state index contributed by atoms with van der Waals surface area (Å²) in [6.07, 6.45) is 0. The van der Waals surface area contributed by atoms with Crippen LogP contribution in [0, 0.1) is 0 Å². The fourth-order valence-corrected chi connectivity index (χ4v) is 3.79. The van der Waals surface area contributed by atoms with Gasteiger partial charge in [-0.15, -0.1) is 0 Å². The van der Waals surface area contributed by atoms with Crippen LogP contribution in [0.4, 0.5) is 0 Å². The molecule has 0 aromatic heterocycles. The van der Waals surface area contributed by atoms with E-state index < -0.39 is 10.0 Å². The highest BCUT2D eigenvalue weighted by Crippen LogP contribution is 2.28. The fourth-order valence-electron chi connectivity index (χ4n) is 2.72. The number of carbonyl (C=O) groups is 1. The first kappa shape index (κ1) is 18.7. The second kappa shape index (κ2) is 7.08. The van der Waals surface area contributed by atoms with Gasteiger partial charge in [-0.25, -0.2) is 12.7 Å². The lowest BCUT2D eigenvalue weighted by Gasteiger charge is -2.38. The Bertz CT molecular complexity index is 718. The minimum atomic E-state index is -3.71. The van der Waals surface area contributed by atoms with Crippen LogP contribution in [0.2, 0.25) is 0 Å². The Hall–Kier alpha value is -1.64. The van der Waals surface area contributed by atoms with Crippen molar-refractivity contribution in [2.75, 3.05) is 34.3 Å². The zero-order valence-electron chi connectivity index (χ0n) is 14.7. The average Bonchev–Trinajstić information content (AvgIpc) is 2.56. The fraction of sp³-hybridized carbons (Fsp3) is 0.562. The van der Waals surface area contributed by atoms with E-state index in [2.05, 4.69) is 5.32 Å². The summed E-state index contributed by atoms with van der Waals surface area (Å²) >= 11 is 0. The largest absolute Gasteiger partial charge is 0.495 e. The Balaban J connectivity index is 2.43. The SMILES string of the molecule is COc1ccc(C(=O)N2CCNC(C)C2C)cc1S(=O)(=O)N(C)C. The summed E-state index contributed by atoms with van der Waals surface area (Å²) in [5.41, 5.74) is 0.345. The summed E-state index contributed by atoms with van der Waals surface area (Å²) in [7, 11) is 0.598. The highest BCUT2D eigenvalue weighted by molar-refractivity contribution is 7.89. The molecule has 2 atom stereocenters. The first-order valence-electron chi connectivity index (χ1n) is 7.85. The highest BCUT2D eigenvalue weighted by atomic mass is 32.2. The summed E-state index contributed by atoms with van der Waals surface area (Å²) in [4.78, 5) is 14.6. The summed E-state index contributed by atoms with van der Waals surface area (Å²) < 4.78 is 31.2. The van der Waals surface area contributed by atoms with E-state index in [4.69, 9.17) is 4.74 Å². The third-order valence-electron chi connectivity index (χ3n) is 4.46. The first-order chi connectivity index (χ1) is 11.2. The van der Waals surface area contributed by atoms with Crippen molar-refractivity contribution in [1.29, 1.82) is 0 Å². The number of hydrogen-bond donors (Lipinski definition) is 1. The summed E-state index contributed by atoms with van der Waals surface area (Å²) in [5.74, 6) is 0.0516. The first-order valence-corrected chi connectivity index (χ1v) is 9.29. The molecule has 1 N–H and O–H groups in total. The van der Waals surface area contributed by atoms with Gasteiger partial charge in [-0.05, 0) is 32.0 Å². The average molecular weight is 355 g/mol. The molecule has 0 aliphatic carbocycles. The molecule has 1 aromatic rings. The standard InChI is InChI=1S/C16H25N3O4S/c1-11-12(2)19(9-8-17-11)16(20)13-6-7-14(23-5)15(10-13)24(21,22)18(3)4/h6-7,10-12,17H,8-9H2,1-5H3. The van der Waals surface area contributed by atoms with Crippen LogP contribution in [0.15, 0.2) is 23.1 Å². The topological polar surface area (TPSA) is 79.0 Å². The number of sulfonamides is 1. The number of carbonyl (C=O) groups excluding carboxylic acids is 1. The van der Waals surface area contributed by atoms with Crippen LogP contribution >= 0.6 is 0 Å². The van der Waals surface area contributed by atoms with Crippen LogP contribution in [0.1, 0.15) is 24.2 Å². The molecular formula is C16H25N3O4S. The molecule has 1 amide bonds. The number of rotatable bonds is 4. The third-order valence-corrected chi connectivity index (χ3v) is 6.30. The van der Waals surface area contributed by atoms with Crippen LogP contribution < -0.4 is 10.1 Å². The Labute approximate surface area is 143 Å². The molecular weight excluding hydrogens is 330 g/mol. The van der Waals surface area contributed by atoms with Gasteiger partial charge in [0.1, 0.15) is 10.6 Å². The van der Waals surface area contributed by atoms with Gasteiger partial charge >= 0.3 is 0 Å². The Morgan fingerprint density at radius 2 is 2.00 bits per heavy atom. The smallest absolute Gasteiger partial charge is 0.254 e. The number of piperazine rings is 1. The van der Waals surface area contributed by atoms with Crippen molar-refractivity contribution >= 4 is 15.9 Å². The van der Waals surface area contributed by atoms with Gasteiger partial charge in [0.2, 0.25) is 10.0 Å². The molecule has 7 nitrogen and oxygen atoms in total. The molecule has 134 valence electrons. The van der Waals surface area contributed by atoms with E-state index in [1.54, 1.807) is 11.0 Å². The number of amides is 1. The molecule has 1 aliphatic rings. The number of nitrogens with one attached hydrogen (secondary N) is 1. The van der Waals surface area contributed by atoms with E-state index in [0.29, 0.717) is 12.1 Å². The molecule has 1 aliphatic heterocycles. The monoisotopic (exact) mass is 355 g/mol. The van der Waals surface area contributed by atoms with Crippen molar-refractivity contribution < 1.29 is 17.9 Å². The minimum absolute atomic E-state index is 0.00307. The zero-order chi connectivity index (χ0) is 18.1. The van der Waals surface area contributed by atoms with Crippen LogP contribution in [-0.4, -0.2) is 69.9 Å². The van der Waals surface area contributed by atoms with Crippen LogP contribution in [0.25, 0.3) is 0 Å². The number of nitrogens with zero attached hydrogens (tertiary/aromatic N) is 2. The molecule has 0 spiro atoms. The second-order valence-electron chi connectivity index (χ2n) is 6.14. The van der Waals surface area contributed by atoms with Gasteiger partial charge in [0, 0.05) is 44.8 Å². The number of ether oxygens (including phenoxy) is 1. The predicted molar refractivity (Wildman–Crippen MR) is 91.8 cm³/mol. The highest BCUT2D eigenvalue weighted by Gasteiger charge is 2.30. The minimum Gasteiger partial charge on any atom is -0.495 e. The lowest BCUT2D eigenvalue weighted by molar-refractivity contribution is 0.0602. The molecule has 1 heterocycles. The number of benzene rings is 1. The molecule has 8 heteroatoms. The van der Waals surface area contributed by atoms with Crippen molar-refractivity contribution in [3.63, 3.8) is 0 Å². The Morgan fingerprint density at radius 3 is 2.58 bits per heavy atom. The van der Waals surface area contributed by atoms with Crippen molar-refractivity contribution in [1.82, 2.24) is 14.5 Å². The van der Waals surface area contributed by atoms with Gasteiger partial charge in [-0.1, -0.05) is 0 Å². The van der Waals surface area contributed by atoms with E-state index in [-0.39, 0.29) is 28.6 Å². The van der Waals surface area contributed by atoms with Gasteiger partial charge in [-0.2, -0.15) is 0 Å². The zero-order valence-corrected chi connectivity index (χ0v) is 15.6. The maximum atomic E-state index is 12.9. The number of methoxy groups -OCH3 is 1. The maximum Gasteiger partial charge on any atom is 0.254 e. The van der Waals surface area contributed by atoms with Gasteiger partial charge in [0.25, 0.3) is 5.91 Å². The third kappa shape index (κ3) is 3.40. The van der Waals surface area contributed by atoms with E-state index in [0.717, 1.165) is 10.8 Å². The Morgan fingerprint density at radius 1 is 1.33 bits per heavy atom. The molecule has 0 saturated carbocycles. The predicted octanol–water partition coefficient (Wildman–Crippen LogP) is 0.768. The van der Waals surface area contributed by atoms with Crippen LogP contribution in [0.3, 0.4) is 0 Å². The summed E-state index contributed by atoms with van der Waals surface area (Å²) in [5, 5.41) is 3.32. The van der Waals surface area contributed by atoms with Gasteiger partial charge in [0.05, 0.1) is 7.11 Å². The molecule has 1 saturated heterocycles. The van der Waals surface area contributed by atoms with E-state index >= 15 is 0 Å². The van der Waals surface area contributed by atoms with Gasteiger partial charge in [0.15, 0.2) is 0 Å². The molecule has 0 bridgehead atoms. The molecule has 0 radical (unpaired) electrons. The molecule has 1 fully saturated rings.